The molecule has 8 heteroatoms. The second kappa shape index (κ2) is 7.88. The minimum absolute atomic E-state index is 0.266. The van der Waals surface area contributed by atoms with Gasteiger partial charge < -0.3 is 10.1 Å². The normalized spacial score (nSPS) is 21.7. The number of aromatic nitrogens is 4. The van der Waals surface area contributed by atoms with Crippen molar-refractivity contribution in [3.8, 4) is 6.07 Å². The summed E-state index contributed by atoms with van der Waals surface area (Å²) in [5, 5.41) is 25.6. The van der Waals surface area contributed by atoms with Gasteiger partial charge >= 0.3 is 0 Å². The number of H-pyrrole nitrogens is 1. The lowest BCUT2D eigenvalue weighted by atomic mass is 10.1. The first-order valence-electron chi connectivity index (χ1n) is 8.21. The first kappa shape index (κ1) is 17.1. The Morgan fingerprint density at radius 3 is 2.68 bits per heavy atom. The number of rotatable bonds is 5. The molecule has 2 heterocycles. The number of tetrazole rings is 1. The van der Waals surface area contributed by atoms with Crippen molar-refractivity contribution in [2.75, 3.05) is 18.4 Å². The van der Waals surface area contributed by atoms with E-state index in [1.54, 1.807) is 6.20 Å². The van der Waals surface area contributed by atoms with Crippen LogP contribution in [0.2, 0.25) is 0 Å². The molecule has 1 aromatic carbocycles. The average Bonchev–Trinajstić information content (AvgIpc) is 3.10. The highest BCUT2D eigenvalue weighted by Crippen LogP contribution is 2.16. The van der Waals surface area contributed by atoms with Gasteiger partial charge in [-0.3, -0.25) is 4.90 Å². The second-order valence-electron chi connectivity index (χ2n) is 6.20. The van der Waals surface area contributed by atoms with E-state index in [4.69, 9.17) is 10.00 Å². The predicted molar refractivity (Wildman–Crippen MR) is 93.1 cm³/mol. The largest absolute Gasteiger partial charge is 0.373 e. The molecule has 8 nitrogen and oxygen atoms in total. The van der Waals surface area contributed by atoms with E-state index < -0.39 is 0 Å². The molecule has 2 unspecified atom stereocenters. The Labute approximate surface area is 146 Å². The molecule has 0 radical (unpaired) electrons. The maximum absolute atomic E-state index is 9.15. The number of nitrogens with zero attached hydrogens (tertiary/aromatic N) is 5. The Morgan fingerprint density at radius 2 is 2.08 bits per heavy atom. The van der Waals surface area contributed by atoms with Crippen molar-refractivity contribution in [1.29, 1.82) is 5.26 Å². The summed E-state index contributed by atoms with van der Waals surface area (Å²) in [5.74, 6) is 0.266. The number of hydrogen-bond donors (Lipinski definition) is 2. The third-order valence-corrected chi connectivity index (χ3v) is 3.95. The van der Waals surface area contributed by atoms with E-state index >= 15 is 0 Å². The number of allylic oxidation sites excluding steroid dienone is 1. The van der Waals surface area contributed by atoms with Gasteiger partial charge in [-0.15, -0.1) is 10.2 Å². The molecule has 0 spiro atoms. The average molecular weight is 339 g/mol. The lowest BCUT2D eigenvalue weighted by Gasteiger charge is -2.35. The van der Waals surface area contributed by atoms with Crippen LogP contribution in [0.1, 0.15) is 25.2 Å². The summed E-state index contributed by atoms with van der Waals surface area (Å²) in [6.07, 6.45) is 2.11. The third-order valence-electron chi connectivity index (χ3n) is 3.95. The number of nitrogens with one attached hydrogen (secondary N) is 2. The summed E-state index contributed by atoms with van der Waals surface area (Å²) in [6.45, 7) is 7.02. The Morgan fingerprint density at radius 1 is 1.36 bits per heavy atom. The highest BCUT2D eigenvalue weighted by atomic mass is 16.5. The summed E-state index contributed by atoms with van der Waals surface area (Å²) in [4.78, 5) is 2.41. The van der Waals surface area contributed by atoms with E-state index in [1.807, 2.05) is 18.2 Å². The Hall–Kier alpha value is -2.76. The molecule has 2 atom stereocenters. The first-order valence-corrected chi connectivity index (χ1v) is 8.21. The van der Waals surface area contributed by atoms with Crippen molar-refractivity contribution >= 4 is 11.3 Å². The Bertz CT molecular complexity index is 738. The van der Waals surface area contributed by atoms with Crippen molar-refractivity contribution in [2.24, 2.45) is 0 Å². The number of hydrogen-bond acceptors (Lipinski definition) is 7. The van der Waals surface area contributed by atoms with Gasteiger partial charge in [0, 0.05) is 31.5 Å². The summed E-state index contributed by atoms with van der Waals surface area (Å²) < 4.78 is 5.77. The maximum atomic E-state index is 9.15. The molecule has 0 saturated carbocycles. The van der Waals surface area contributed by atoms with Crippen LogP contribution in [0.4, 0.5) is 5.69 Å². The minimum atomic E-state index is 0.266. The molecule has 3 rings (SSSR count). The Balaban J connectivity index is 1.60. The van der Waals surface area contributed by atoms with Gasteiger partial charge in [0.2, 0.25) is 5.82 Å². The summed E-state index contributed by atoms with van der Waals surface area (Å²) >= 11 is 0. The van der Waals surface area contributed by atoms with E-state index in [9.17, 15) is 0 Å². The number of nitriles is 1. The molecule has 1 aliphatic heterocycles. The molecule has 0 aliphatic carbocycles. The number of benzene rings is 1. The molecule has 2 aromatic rings. The van der Waals surface area contributed by atoms with Gasteiger partial charge in [-0.25, -0.2) is 0 Å². The third kappa shape index (κ3) is 4.62. The van der Waals surface area contributed by atoms with Gasteiger partial charge in [0.05, 0.1) is 12.2 Å². The molecule has 130 valence electrons. The molecule has 25 heavy (non-hydrogen) atoms. The monoisotopic (exact) mass is 339 g/mol. The second-order valence-corrected chi connectivity index (χ2v) is 6.20. The number of ether oxygens (including phenoxy) is 1. The fourth-order valence-electron chi connectivity index (χ4n) is 2.96. The number of morpholine rings is 1. The quantitative estimate of drug-likeness (QED) is 0.800. The standard InChI is InChI=1S/C17H21N7O/c1-12-9-24(10-13(2)25-12)11-14-3-5-16(6-4-14)19-8-15(7-18)17-20-22-23-21-17/h3-6,8,12-13,19H,9-11H2,1-2H3,(H,20,21,22,23). The first-order chi connectivity index (χ1) is 12.1. The molecule has 2 N–H and O–H groups in total. The van der Waals surface area contributed by atoms with Crippen LogP contribution in [0.3, 0.4) is 0 Å². The number of aromatic amines is 1. The predicted octanol–water partition coefficient (Wildman–Crippen LogP) is 1.79. The van der Waals surface area contributed by atoms with Crippen LogP contribution in [0.15, 0.2) is 30.5 Å². The zero-order valence-electron chi connectivity index (χ0n) is 14.3. The molecule has 1 fully saturated rings. The molecule has 1 aliphatic rings. The van der Waals surface area contributed by atoms with Gasteiger partial charge in [-0.05, 0) is 36.8 Å². The lowest BCUT2D eigenvalue weighted by Crippen LogP contribution is -2.44. The van der Waals surface area contributed by atoms with Gasteiger partial charge in [0.25, 0.3) is 0 Å². The summed E-state index contributed by atoms with van der Waals surface area (Å²) in [6, 6.07) is 10.2. The fourth-order valence-corrected chi connectivity index (χ4v) is 2.96. The van der Waals surface area contributed by atoms with E-state index in [2.05, 4.69) is 56.8 Å². The van der Waals surface area contributed by atoms with Gasteiger partial charge in [-0.1, -0.05) is 12.1 Å². The van der Waals surface area contributed by atoms with Crippen LogP contribution in [0.5, 0.6) is 0 Å². The van der Waals surface area contributed by atoms with Gasteiger partial charge in [-0.2, -0.15) is 10.5 Å². The van der Waals surface area contributed by atoms with Crippen molar-refractivity contribution in [1.82, 2.24) is 25.5 Å². The molecular weight excluding hydrogens is 318 g/mol. The van der Waals surface area contributed by atoms with Crippen LogP contribution >= 0.6 is 0 Å². The van der Waals surface area contributed by atoms with Gasteiger partial charge in [0.1, 0.15) is 11.6 Å². The molecule has 1 saturated heterocycles. The maximum Gasteiger partial charge on any atom is 0.216 e. The zero-order chi connectivity index (χ0) is 17.6. The van der Waals surface area contributed by atoms with Crippen LogP contribution in [0.25, 0.3) is 5.57 Å². The fraction of sp³-hybridized carbons (Fsp3) is 0.412. The van der Waals surface area contributed by atoms with Crippen molar-refractivity contribution in [3.63, 3.8) is 0 Å². The number of anilines is 1. The topological polar surface area (TPSA) is 103 Å². The summed E-state index contributed by atoms with van der Waals surface area (Å²) in [7, 11) is 0. The Kier molecular flexibility index (Phi) is 5.38. The highest BCUT2D eigenvalue weighted by molar-refractivity contribution is 5.73. The highest BCUT2D eigenvalue weighted by Gasteiger charge is 2.21. The van der Waals surface area contributed by atoms with E-state index in [-0.39, 0.29) is 18.0 Å². The van der Waals surface area contributed by atoms with Crippen molar-refractivity contribution in [2.45, 2.75) is 32.6 Å². The SMILES string of the molecule is CC1CN(Cc2ccc(NC=C(C#N)c3nn[nH]n3)cc2)CC(C)O1. The van der Waals surface area contributed by atoms with E-state index in [1.165, 1.54) is 5.56 Å². The molecule has 0 bridgehead atoms. The lowest BCUT2D eigenvalue weighted by molar-refractivity contribution is -0.0704. The van der Waals surface area contributed by atoms with Crippen LogP contribution in [-0.2, 0) is 11.3 Å². The molecule has 0 amide bonds. The van der Waals surface area contributed by atoms with Crippen LogP contribution in [-0.4, -0.2) is 50.8 Å². The van der Waals surface area contributed by atoms with Crippen LogP contribution in [0, 0.1) is 11.3 Å². The smallest absolute Gasteiger partial charge is 0.216 e. The van der Waals surface area contributed by atoms with E-state index in [0.29, 0.717) is 5.57 Å². The van der Waals surface area contributed by atoms with E-state index in [0.717, 1.165) is 25.3 Å². The molecular formula is C17H21N7O. The van der Waals surface area contributed by atoms with Crippen molar-refractivity contribution in [3.05, 3.63) is 41.9 Å². The zero-order valence-corrected chi connectivity index (χ0v) is 14.3. The minimum Gasteiger partial charge on any atom is -0.373 e. The summed E-state index contributed by atoms with van der Waals surface area (Å²) in [5.41, 5.74) is 2.45. The van der Waals surface area contributed by atoms with Gasteiger partial charge in [0.15, 0.2) is 0 Å². The van der Waals surface area contributed by atoms with Crippen molar-refractivity contribution < 1.29 is 4.74 Å². The van der Waals surface area contributed by atoms with Crippen LogP contribution < -0.4 is 5.32 Å². The molecule has 1 aromatic heterocycles.